The van der Waals surface area contributed by atoms with Crippen LogP contribution in [0.15, 0.2) is 36.4 Å². The maximum absolute atomic E-state index is 10.2. The van der Waals surface area contributed by atoms with Crippen LogP contribution >= 0.6 is 11.6 Å². The van der Waals surface area contributed by atoms with Crippen LogP contribution in [-0.4, -0.2) is 17.6 Å². The number of nitrogens with one attached hydrogen (secondary N) is 1. The molecular formula is C12H14ClNO2. The van der Waals surface area contributed by atoms with Crippen molar-refractivity contribution in [3.05, 3.63) is 47.0 Å². The van der Waals surface area contributed by atoms with Crippen LogP contribution < -0.4 is 5.32 Å². The Morgan fingerprint density at radius 3 is 2.88 bits per heavy atom. The number of hydrogen-bond donors (Lipinski definition) is 2. The fourth-order valence-electron chi connectivity index (χ4n) is 1.34. The van der Waals surface area contributed by atoms with Crippen LogP contribution in [-0.2, 0) is 4.79 Å². The normalized spacial score (nSPS) is 12.9. The van der Waals surface area contributed by atoms with Gasteiger partial charge in [-0.2, -0.15) is 0 Å². The van der Waals surface area contributed by atoms with E-state index in [2.05, 4.69) is 5.32 Å². The summed E-state index contributed by atoms with van der Waals surface area (Å²) in [6, 6.07) is 7.67. The zero-order valence-electron chi connectivity index (χ0n) is 8.98. The summed E-state index contributed by atoms with van der Waals surface area (Å²) in [5, 5.41) is 12.3. The first-order valence-electron chi connectivity index (χ1n) is 4.98. The summed E-state index contributed by atoms with van der Waals surface area (Å²) in [7, 11) is 0. The molecular weight excluding hydrogens is 226 g/mol. The van der Waals surface area contributed by atoms with Crippen LogP contribution in [0.2, 0.25) is 5.02 Å². The van der Waals surface area contributed by atoms with Crippen LogP contribution in [0.3, 0.4) is 0 Å². The maximum Gasteiger partial charge on any atom is 0.328 e. The molecule has 0 bridgehead atoms. The average molecular weight is 240 g/mol. The van der Waals surface area contributed by atoms with Gasteiger partial charge in [0.25, 0.3) is 0 Å². The second kappa shape index (κ2) is 6.30. The largest absolute Gasteiger partial charge is 0.478 e. The zero-order valence-corrected chi connectivity index (χ0v) is 9.74. The van der Waals surface area contributed by atoms with Crippen LogP contribution in [0.5, 0.6) is 0 Å². The van der Waals surface area contributed by atoms with Crippen molar-refractivity contribution in [3.63, 3.8) is 0 Å². The van der Waals surface area contributed by atoms with Crippen molar-refractivity contribution in [1.29, 1.82) is 0 Å². The minimum Gasteiger partial charge on any atom is -0.478 e. The van der Waals surface area contributed by atoms with E-state index in [1.54, 1.807) is 6.08 Å². The molecule has 4 heteroatoms. The highest BCUT2D eigenvalue weighted by Crippen LogP contribution is 2.21. The van der Waals surface area contributed by atoms with E-state index in [0.29, 0.717) is 11.6 Å². The van der Waals surface area contributed by atoms with Gasteiger partial charge in [0.1, 0.15) is 0 Å². The summed E-state index contributed by atoms with van der Waals surface area (Å²) >= 11 is 6.03. The molecule has 0 aromatic heterocycles. The smallest absolute Gasteiger partial charge is 0.328 e. The summed E-state index contributed by atoms with van der Waals surface area (Å²) in [6.45, 7) is 2.48. The number of carboxylic acid groups (broad SMARTS) is 1. The highest BCUT2D eigenvalue weighted by atomic mass is 35.5. The third-order valence-corrected chi connectivity index (χ3v) is 2.52. The Hall–Kier alpha value is -1.32. The molecule has 0 saturated heterocycles. The molecule has 1 aromatic rings. The molecule has 0 fully saturated rings. The van der Waals surface area contributed by atoms with Crippen molar-refractivity contribution in [2.24, 2.45) is 0 Å². The summed E-state index contributed by atoms with van der Waals surface area (Å²) in [6.07, 6.45) is 2.68. The molecule has 1 rings (SSSR count). The third kappa shape index (κ3) is 4.04. The molecule has 0 aliphatic rings. The van der Waals surface area contributed by atoms with E-state index in [1.165, 1.54) is 0 Å². The summed E-state index contributed by atoms with van der Waals surface area (Å²) in [4.78, 5) is 10.2. The van der Waals surface area contributed by atoms with Crippen molar-refractivity contribution in [3.8, 4) is 0 Å². The number of carbonyl (C=O) groups is 1. The van der Waals surface area contributed by atoms with Gasteiger partial charge in [-0.3, -0.25) is 0 Å². The second-order valence-corrected chi connectivity index (χ2v) is 3.80. The molecule has 86 valence electrons. The van der Waals surface area contributed by atoms with Gasteiger partial charge in [-0.05, 0) is 18.6 Å². The van der Waals surface area contributed by atoms with Crippen molar-refractivity contribution >= 4 is 17.6 Å². The van der Waals surface area contributed by atoms with Gasteiger partial charge in [0, 0.05) is 23.7 Å². The minimum atomic E-state index is -0.938. The van der Waals surface area contributed by atoms with E-state index in [1.807, 2.05) is 31.2 Å². The van der Waals surface area contributed by atoms with E-state index in [-0.39, 0.29) is 6.04 Å². The minimum absolute atomic E-state index is 0.0899. The maximum atomic E-state index is 10.2. The van der Waals surface area contributed by atoms with Gasteiger partial charge < -0.3 is 10.4 Å². The lowest BCUT2D eigenvalue weighted by Gasteiger charge is -2.14. The Balaban J connectivity index is 2.50. The van der Waals surface area contributed by atoms with Crippen molar-refractivity contribution < 1.29 is 9.90 Å². The molecule has 1 atom stereocenters. The summed E-state index contributed by atoms with van der Waals surface area (Å²) in [5.74, 6) is -0.938. The predicted molar refractivity (Wildman–Crippen MR) is 64.6 cm³/mol. The van der Waals surface area contributed by atoms with Gasteiger partial charge in [0.2, 0.25) is 0 Å². The Labute approximate surface area is 99.7 Å². The van der Waals surface area contributed by atoms with E-state index in [9.17, 15) is 4.79 Å². The number of aliphatic carboxylic acids is 1. The molecule has 0 aliphatic heterocycles. The molecule has 2 N–H and O–H groups in total. The first-order chi connectivity index (χ1) is 7.61. The van der Waals surface area contributed by atoms with Crippen LogP contribution in [0.1, 0.15) is 18.5 Å². The van der Waals surface area contributed by atoms with E-state index in [0.717, 1.165) is 11.6 Å². The van der Waals surface area contributed by atoms with Crippen LogP contribution in [0.25, 0.3) is 0 Å². The van der Waals surface area contributed by atoms with Crippen molar-refractivity contribution in [1.82, 2.24) is 5.32 Å². The lowest BCUT2D eigenvalue weighted by molar-refractivity contribution is -0.131. The first kappa shape index (κ1) is 12.7. The van der Waals surface area contributed by atoms with Gasteiger partial charge in [0.05, 0.1) is 0 Å². The average Bonchev–Trinajstić information content (AvgIpc) is 2.24. The number of hydrogen-bond acceptors (Lipinski definition) is 2. The molecule has 0 radical (unpaired) electrons. The van der Waals surface area contributed by atoms with Gasteiger partial charge in [-0.15, -0.1) is 0 Å². The molecule has 0 heterocycles. The quantitative estimate of drug-likeness (QED) is 0.777. The molecule has 0 spiro atoms. The topological polar surface area (TPSA) is 49.3 Å². The molecule has 16 heavy (non-hydrogen) atoms. The second-order valence-electron chi connectivity index (χ2n) is 3.39. The summed E-state index contributed by atoms with van der Waals surface area (Å²) in [5.41, 5.74) is 1.01. The standard InChI is InChI=1S/C12H14ClNO2/c1-9(14-8-4-7-12(15)16)10-5-2-3-6-11(10)13/h2-7,9,14H,8H2,1H3,(H,15,16)/b7-4+. The lowest BCUT2D eigenvalue weighted by Crippen LogP contribution is -2.18. The molecule has 0 amide bonds. The Morgan fingerprint density at radius 1 is 1.56 bits per heavy atom. The number of carboxylic acids is 1. The zero-order chi connectivity index (χ0) is 12.0. The summed E-state index contributed by atoms with van der Waals surface area (Å²) < 4.78 is 0. The monoisotopic (exact) mass is 239 g/mol. The van der Waals surface area contributed by atoms with Gasteiger partial charge >= 0.3 is 5.97 Å². The van der Waals surface area contributed by atoms with Crippen LogP contribution in [0, 0.1) is 0 Å². The SMILES string of the molecule is CC(NC/C=C/C(=O)O)c1ccccc1Cl. The first-order valence-corrected chi connectivity index (χ1v) is 5.36. The Bertz CT molecular complexity index is 390. The Kier molecular flexibility index (Phi) is 5.02. The van der Waals surface area contributed by atoms with Crippen molar-refractivity contribution in [2.75, 3.05) is 6.54 Å². The molecule has 0 saturated carbocycles. The van der Waals surface area contributed by atoms with E-state index >= 15 is 0 Å². The van der Waals surface area contributed by atoms with Crippen LogP contribution in [0.4, 0.5) is 0 Å². The molecule has 1 aromatic carbocycles. The van der Waals surface area contributed by atoms with E-state index in [4.69, 9.17) is 16.7 Å². The fraction of sp³-hybridized carbons (Fsp3) is 0.250. The fourth-order valence-corrected chi connectivity index (χ4v) is 1.64. The lowest BCUT2D eigenvalue weighted by atomic mass is 10.1. The number of benzene rings is 1. The van der Waals surface area contributed by atoms with E-state index < -0.39 is 5.97 Å². The predicted octanol–water partition coefficient (Wildman–Crippen LogP) is 2.63. The third-order valence-electron chi connectivity index (χ3n) is 2.17. The highest BCUT2D eigenvalue weighted by Gasteiger charge is 2.06. The Morgan fingerprint density at radius 2 is 2.25 bits per heavy atom. The van der Waals surface area contributed by atoms with Gasteiger partial charge in [0.15, 0.2) is 0 Å². The highest BCUT2D eigenvalue weighted by molar-refractivity contribution is 6.31. The van der Waals surface area contributed by atoms with Gasteiger partial charge in [-0.25, -0.2) is 4.79 Å². The number of rotatable bonds is 5. The van der Waals surface area contributed by atoms with Crippen molar-refractivity contribution in [2.45, 2.75) is 13.0 Å². The molecule has 3 nitrogen and oxygen atoms in total. The van der Waals surface area contributed by atoms with Gasteiger partial charge in [-0.1, -0.05) is 35.9 Å². The molecule has 1 unspecified atom stereocenters. The number of halogens is 1. The molecule has 0 aliphatic carbocycles.